The summed E-state index contributed by atoms with van der Waals surface area (Å²) in [6.45, 7) is 6.90. The molecule has 0 fully saturated rings. The van der Waals surface area contributed by atoms with Gasteiger partial charge in [0.2, 0.25) is 0 Å². The number of nitrogens with two attached hydrogens (primary N) is 1. The van der Waals surface area contributed by atoms with E-state index in [-0.39, 0.29) is 11.1 Å². The molecule has 1 unspecified atom stereocenters. The van der Waals surface area contributed by atoms with E-state index >= 15 is 0 Å². The van der Waals surface area contributed by atoms with E-state index in [1.54, 1.807) is 13.2 Å². The van der Waals surface area contributed by atoms with Gasteiger partial charge in [-0.3, -0.25) is 0 Å². The third-order valence-electron chi connectivity index (χ3n) is 2.99. The summed E-state index contributed by atoms with van der Waals surface area (Å²) in [6, 6.07) is -0.0166. The Labute approximate surface area is 115 Å². The van der Waals surface area contributed by atoms with Crippen LogP contribution >= 0.6 is 0 Å². The van der Waals surface area contributed by atoms with Crippen molar-refractivity contribution in [3.63, 3.8) is 0 Å². The lowest BCUT2D eigenvalue weighted by molar-refractivity contribution is 0.444. The summed E-state index contributed by atoms with van der Waals surface area (Å²) in [6.07, 6.45) is 3.18. The number of hydrogen-bond acceptors (Lipinski definition) is 4. The fourth-order valence-corrected chi connectivity index (χ4v) is 2.91. The fraction of sp³-hybridized carbons (Fsp3) is 0.750. The van der Waals surface area contributed by atoms with Crippen LogP contribution in [0.3, 0.4) is 0 Å². The molecule has 0 amide bonds. The molecular weight excluding hydrogens is 264 g/mol. The van der Waals surface area contributed by atoms with Crippen LogP contribution in [0, 0.1) is 6.92 Å². The van der Waals surface area contributed by atoms with Crippen molar-refractivity contribution in [1.29, 1.82) is 0 Å². The van der Waals surface area contributed by atoms with E-state index < -0.39 is 10.0 Å². The lowest BCUT2D eigenvalue weighted by Crippen LogP contribution is -2.31. The van der Waals surface area contributed by atoms with Crippen LogP contribution in [0.5, 0.6) is 0 Å². The Morgan fingerprint density at radius 1 is 1.53 bits per heavy atom. The third kappa shape index (κ3) is 4.02. The van der Waals surface area contributed by atoms with Crippen molar-refractivity contribution in [3.8, 4) is 0 Å². The Morgan fingerprint density at radius 3 is 2.68 bits per heavy atom. The van der Waals surface area contributed by atoms with Gasteiger partial charge in [-0.15, -0.1) is 0 Å². The quantitative estimate of drug-likeness (QED) is 0.810. The van der Waals surface area contributed by atoms with Gasteiger partial charge in [0, 0.05) is 32.4 Å². The zero-order chi connectivity index (χ0) is 14.6. The van der Waals surface area contributed by atoms with Gasteiger partial charge in [-0.05, 0) is 26.7 Å². The second-order valence-electron chi connectivity index (χ2n) is 4.91. The van der Waals surface area contributed by atoms with Crippen LogP contribution in [0.15, 0.2) is 11.2 Å². The van der Waals surface area contributed by atoms with E-state index in [4.69, 9.17) is 5.73 Å². The number of hydrogen-bond donors (Lipinski definition) is 1. The van der Waals surface area contributed by atoms with E-state index in [2.05, 4.69) is 4.98 Å². The molecule has 1 aromatic rings. The number of aromatic nitrogens is 2. The summed E-state index contributed by atoms with van der Waals surface area (Å²) in [5.41, 5.74) is 5.65. The minimum absolute atomic E-state index is 0.0166. The molecule has 2 N–H and O–H groups in total. The van der Waals surface area contributed by atoms with Crippen molar-refractivity contribution >= 4 is 10.0 Å². The Balaban J connectivity index is 2.90. The molecule has 1 aromatic heterocycles. The second-order valence-corrected chi connectivity index (χ2v) is 6.90. The van der Waals surface area contributed by atoms with Gasteiger partial charge in [0.25, 0.3) is 10.0 Å². The summed E-state index contributed by atoms with van der Waals surface area (Å²) < 4.78 is 27.8. The van der Waals surface area contributed by atoms with Gasteiger partial charge in [-0.25, -0.2) is 13.4 Å². The number of aryl methyl sites for hydroxylation is 2. The molecule has 0 radical (unpaired) electrons. The maximum atomic E-state index is 12.3. The van der Waals surface area contributed by atoms with E-state index in [1.807, 2.05) is 25.3 Å². The van der Waals surface area contributed by atoms with Crippen LogP contribution in [0.4, 0.5) is 0 Å². The van der Waals surface area contributed by atoms with Crippen molar-refractivity contribution < 1.29 is 8.42 Å². The van der Waals surface area contributed by atoms with Crippen molar-refractivity contribution in [2.24, 2.45) is 5.73 Å². The molecule has 1 heterocycles. The highest BCUT2D eigenvalue weighted by molar-refractivity contribution is 7.89. The first-order chi connectivity index (χ1) is 8.78. The normalized spacial score (nSPS) is 14.0. The van der Waals surface area contributed by atoms with Crippen LogP contribution in [-0.4, -0.2) is 41.9 Å². The molecule has 1 rings (SSSR count). The Bertz CT molecular complexity index is 508. The monoisotopic (exact) mass is 288 g/mol. The van der Waals surface area contributed by atoms with Gasteiger partial charge >= 0.3 is 0 Å². The lowest BCUT2D eigenvalue weighted by atomic mass is 10.2. The highest BCUT2D eigenvalue weighted by atomic mass is 32.2. The number of nitrogens with zero attached hydrogens (tertiary/aromatic N) is 3. The zero-order valence-electron chi connectivity index (χ0n) is 12.1. The molecule has 0 aliphatic carbocycles. The van der Waals surface area contributed by atoms with Crippen molar-refractivity contribution in [2.45, 2.75) is 51.2 Å². The predicted molar refractivity (Wildman–Crippen MR) is 75.3 cm³/mol. The molecule has 7 heteroatoms. The van der Waals surface area contributed by atoms with Gasteiger partial charge in [0.15, 0.2) is 5.03 Å². The number of sulfonamides is 1. The molecule has 0 aliphatic rings. The SMILES string of the molecule is CCCn1cc(S(=O)(=O)N(C)CCC(C)N)nc1C. The van der Waals surface area contributed by atoms with Crippen molar-refractivity contribution in [2.75, 3.05) is 13.6 Å². The predicted octanol–water partition coefficient (Wildman–Crippen LogP) is 0.959. The smallest absolute Gasteiger partial charge is 0.261 e. The number of imidazole rings is 1. The van der Waals surface area contributed by atoms with Gasteiger partial charge in [0.1, 0.15) is 5.82 Å². The summed E-state index contributed by atoms with van der Waals surface area (Å²) in [4.78, 5) is 4.15. The highest BCUT2D eigenvalue weighted by Gasteiger charge is 2.24. The maximum absolute atomic E-state index is 12.3. The Hall–Kier alpha value is -0.920. The van der Waals surface area contributed by atoms with Gasteiger partial charge in [-0.1, -0.05) is 6.92 Å². The molecular formula is C12H24N4O2S. The molecule has 1 atom stereocenters. The van der Waals surface area contributed by atoms with E-state index in [0.29, 0.717) is 13.0 Å². The summed E-state index contributed by atoms with van der Waals surface area (Å²) in [5.74, 6) is 0.723. The van der Waals surface area contributed by atoms with Gasteiger partial charge in [0.05, 0.1) is 0 Å². The minimum atomic E-state index is -3.51. The first kappa shape index (κ1) is 16.1. The van der Waals surface area contributed by atoms with E-state index in [1.165, 1.54) is 4.31 Å². The third-order valence-corrected chi connectivity index (χ3v) is 4.72. The van der Waals surface area contributed by atoms with Crippen LogP contribution in [-0.2, 0) is 16.6 Å². The Morgan fingerprint density at radius 2 is 2.16 bits per heavy atom. The molecule has 0 saturated heterocycles. The first-order valence-corrected chi connectivity index (χ1v) is 7.98. The molecule has 0 aromatic carbocycles. The molecule has 0 aliphatic heterocycles. The molecule has 0 spiro atoms. The average molecular weight is 288 g/mol. The van der Waals surface area contributed by atoms with Gasteiger partial charge < -0.3 is 10.3 Å². The van der Waals surface area contributed by atoms with Crippen LogP contribution in [0.2, 0.25) is 0 Å². The average Bonchev–Trinajstić information content (AvgIpc) is 2.69. The van der Waals surface area contributed by atoms with Crippen LogP contribution in [0.25, 0.3) is 0 Å². The summed E-state index contributed by atoms with van der Waals surface area (Å²) in [5, 5.41) is 0.116. The largest absolute Gasteiger partial charge is 0.334 e. The fourth-order valence-electron chi connectivity index (χ4n) is 1.74. The molecule has 19 heavy (non-hydrogen) atoms. The standard InChI is InChI=1S/C12H24N4O2S/c1-5-7-16-9-12(14-11(16)3)19(17,18)15(4)8-6-10(2)13/h9-10H,5-8,13H2,1-4H3. The molecule has 6 nitrogen and oxygen atoms in total. The van der Waals surface area contributed by atoms with E-state index in [0.717, 1.165) is 18.8 Å². The highest BCUT2D eigenvalue weighted by Crippen LogP contribution is 2.14. The minimum Gasteiger partial charge on any atom is -0.334 e. The topological polar surface area (TPSA) is 81.2 Å². The number of rotatable bonds is 7. The molecule has 110 valence electrons. The molecule has 0 bridgehead atoms. The van der Waals surface area contributed by atoms with Crippen molar-refractivity contribution in [1.82, 2.24) is 13.9 Å². The van der Waals surface area contributed by atoms with Crippen LogP contribution in [0.1, 0.15) is 32.5 Å². The van der Waals surface area contributed by atoms with E-state index in [9.17, 15) is 8.42 Å². The van der Waals surface area contributed by atoms with Crippen LogP contribution < -0.4 is 5.73 Å². The lowest BCUT2D eigenvalue weighted by Gasteiger charge is -2.16. The summed E-state index contributed by atoms with van der Waals surface area (Å²) in [7, 11) is -1.95. The Kier molecular flexibility index (Phi) is 5.51. The first-order valence-electron chi connectivity index (χ1n) is 6.54. The summed E-state index contributed by atoms with van der Waals surface area (Å²) >= 11 is 0. The maximum Gasteiger partial charge on any atom is 0.261 e. The second kappa shape index (κ2) is 6.49. The molecule has 0 saturated carbocycles. The zero-order valence-corrected chi connectivity index (χ0v) is 12.9. The van der Waals surface area contributed by atoms with Crippen molar-refractivity contribution in [3.05, 3.63) is 12.0 Å². The van der Waals surface area contributed by atoms with Gasteiger partial charge in [-0.2, -0.15) is 4.31 Å².